The summed E-state index contributed by atoms with van der Waals surface area (Å²) in [6.45, 7) is 8.38. The number of rotatable bonds is 11. The Hall–Kier alpha value is -1.26. The molecule has 1 aromatic carbocycles. The molecule has 0 aliphatic rings. The van der Waals surface area contributed by atoms with Gasteiger partial charge in [0.15, 0.2) is 0 Å². The van der Waals surface area contributed by atoms with Gasteiger partial charge in [-0.3, -0.25) is 0 Å². The maximum Gasteiger partial charge on any atom is 0.142 e. The number of aliphatic hydroxyl groups is 1. The van der Waals surface area contributed by atoms with Gasteiger partial charge in [-0.2, -0.15) is 0 Å². The second kappa shape index (κ2) is 10.5. The standard InChI is InChI=1S/C17H30N2O2/c1-4-10-19(11-5-2)16-8-7-15(13-17(16)21-3)14-18-9-6-12-20/h7-8,13,18,20H,4-6,9-12,14H2,1-3H3. The normalized spacial score (nSPS) is 10.7. The smallest absolute Gasteiger partial charge is 0.142 e. The summed E-state index contributed by atoms with van der Waals surface area (Å²) in [5.74, 6) is 0.943. The van der Waals surface area contributed by atoms with Gasteiger partial charge >= 0.3 is 0 Å². The summed E-state index contributed by atoms with van der Waals surface area (Å²) in [6.07, 6.45) is 3.05. The van der Waals surface area contributed by atoms with Gasteiger partial charge in [-0.05, 0) is 43.5 Å². The van der Waals surface area contributed by atoms with Crippen molar-refractivity contribution in [1.82, 2.24) is 5.32 Å². The third kappa shape index (κ3) is 5.94. The summed E-state index contributed by atoms with van der Waals surface area (Å²) in [5, 5.41) is 12.1. The van der Waals surface area contributed by atoms with Crippen molar-refractivity contribution >= 4 is 5.69 Å². The van der Waals surface area contributed by atoms with Crippen LogP contribution in [0.4, 0.5) is 5.69 Å². The molecule has 21 heavy (non-hydrogen) atoms. The molecule has 0 heterocycles. The number of hydrogen-bond acceptors (Lipinski definition) is 4. The van der Waals surface area contributed by atoms with E-state index in [9.17, 15) is 0 Å². The molecule has 0 saturated heterocycles. The molecular weight excluding hydrogens is 264 g/mol. The molecule has 1 aromatic rings. The van der Waals surface area contributed by atoms with E-state index in [1.165, 1.54) is 11.3 Å². The van der Waals surface area contributed by atoms with Crippen LogP contribution in [-0.2, 0) is 6.54 Å². The van der Waals surface area contributed by atoms with Crippen LogP contribution < -0.4 is 15.0 Å². The minimum absolute atomic E-state index is 0.234. The lowest BCUT2D eigenvalue weighted by Crippen LogP contribution is -2.25. The Morgan fingerprint density at radius 3 is 2.48 bits per heavy atom. The van der Waals surface area contributed by atoms with Gasteiger partial charge in [-0.1, -0.05) is 19.9 Å². The van der Waals surface area contributed by atoms with Gasteiger partial charge in [0.25, 0.3) is 0 Å². The molecule has 0 radical (unpaired) electrons. The van der Waals surface area contributed by atoms with Crippen molar-refractivity contribution in [2.45, 2.75) is 39.7 Å². The molecule has 0 spiro atoms. The lowest BCUT2D eigenvalue weighted by Gasteiger charge is -2.26. The SMILES string of the molecule is CCCN(CCC)c1ccc(CNCCCO)cc1OC. The number of hydrogen-bond donors (Lipinski definition) is 2. The van der Waals surface area contributed by atoms with E-state index in [2.05, 4.69) is 42.3 Å². The highest BCUT2D eigenvalue weighted by atomic mass is 16.5. The Balaban J connectivity index is 2.76. The lowest BCUT2D eigenvalue weighted by atomic mass is 10.1. The number of ether oxygens (including phenoxy) is 1. The molecule has 4 nitrogen and oxygen atoms in total. The Bertz CT molecular complexity index is 390. The van der Waals surface area contributed by atoms with Crippen molar-refractivity contribution in [3.05, 3.63) is 23.8 Å². The van der Waals surface area contributed by atoms with E-state index in [0.717, 1.165) is 51.2 Å². The number of benzene rings is 1. The Labute approximate surface area is 129 Å². The summed E-state index contributed by atoms with van der Waals surface area (Å²) in [5.41, 5.74) is 2.39. The number of nitrogens with zero attached hydrogens (tertiary/aromatic N) is 1. The third-order valence-electron chi connectivity index (χ3n) is 3.41. The first-order valence-electron chi connectivity index (χ1n) is 8.00. The fourth-order valence-electron chi connectivity index (χ4n) is 2.42. The Kier molecular flexibility index (Phi) is 8.87. The summed E-state index contributed by atoms with van der Waals surface area (Å²) in [6, 6.07) is 6.43. The summed E-state index contributed by atoms with van der Waals surface area (Å²) in [7, 11) is 1.73. The molecule has 0 aliphatic carbocycles. The van der Waals surface area contributed by atoms with Crippen molar-refractivity contribution in [1.29, 1.82) is 0 Å². The number of methoxy groups -OCH3 is 1. The van der Waals surface area contributed by atoms with Gasteiger partial charge < -0.3 is 20.1 Å². The van der Waals surface area contributed by atoms with Crippen LogP contribution in [0.25, 0.3) is 0 Å². The molecule has 120 valence electrons. The molecule has 0 saturated carbocycles. The maximum atomic E-state index is 8.78. The van der Waals surface area contributed by atoms with Crippen molar-refractivity contribution in [3.63, 3.8) is 0 Å². The zero-order valence-corrected chi connectivity index (χ0v) is 13.7. The largest absolute Gasteiger partial charge is 0.495 e. The van der Waals surface area contributed by atoms with Crippen molar-refractivity contribution in [2.24, 2.45) is 0 Å². The molecule has 0 fully saturated rings. The van der Waals surface area contributed by atoms with Crippen molar-refractivity contribution in [2.75, 3.05) is 38.3 Å². The number of anilines is 1. The van der Waals surface area contributed by atoms with Crippen LogP contribution >= 0.6 is 0 Å². The number of nitrogens with one attached hydrogen (secondary N) is 1. The highest BCUT2D eigenvalue weighted by Gasteiger charge is 2.11. The molecule has 0 amide bonds. The predicted octanol–water partition coefficient (Wildman–Crippen LogP) is 2.79. The monoisotopic (exact) mass is 294 g/mol. The lowest BCUT2D eigenvalue weighted by molar-refractivity contribution is 0.286. The molecule has 0 unspecified atom stereocenters. The third-order valence-corrected chi connectivity index (χ3v) is 3.41. The van der Waals surface area contributed by atoms with Crippen molar-refractivity contribution < 1.29 is 9.84 Å². The van der Waals surface area contributed by atoms with Crippen LogP contribution in [0.15, 0.2) is 18.2 Å². The van der Waals surface area contributed by atoms with Gasteiger partial charge in [-0.15, -0.1) is 0 Å². The van der Waals surface area contributed by atoms with E-state index < -0.39 is 0 Å². The first kappa shape index (κ1) is 17.8. The van der Waals surface area contributed by atoms with Crippen LogP contribution in [-0.4, -0.2) is 38.5 Å². The van der Waals surface area contributed by atoms with E-state index in [0.29, 0.717) is 0 Å². The predicted molar refractivity (Wildman–Crippen MR) is 89.2 cm³/mol. The average Bonchev–Trinajstić information content (AvgIpc) is 2.51. The summed E-state index contributed by atoms with van der Waals surface area (Å²) in [4.78, 5) is 2.39. The molecule has 0 bridgehead atoms. The Morgan fingerprint density at radius 1 is 1.19 bits per heavy atom. The topological polar surface area (TPSA) is 44.7 Å². The molecule has 4 heteroatoms. The number of aliphatic hydroxyl groups excluding tert-OH is 1. The van der Waals surface area contributed by atoms with Gasteiger partial charge in [0.05, 0.1) is 12.8 Å². The first-order chi connectivity index (χ1) is 10.3. The fourth-order valence-corrected chi connectivity index (χ4v) is 2.42. The molecule has 2 N–H and O–H groups in total. The van der Waals surface area contributed by atoms with Gasteiger partial charge in [-0.25, -0.2) is 0 Å². The zero-order chi connectivity index (χ0) is 15.5. The van der Waals surface area contributed by atoms with Crippen LogP contribution in [0.5, 0.6) is 5.75 Å². The maximum absolute atomic E-state index is 8.78. The van der Waals surface area contributed by atoms with Gasteiger partial charge in [0.1, 0.15) is 5.75 Å². The Morgan fingerprint density at radius 2 is 1.90 bits per heavy atom. The van der Waals surface area contributed by atoms with Crippen LogP contribution in [0.3, 0.4) is 0 Å². The van der Waals surface area contributed by atoms with Gasteiger partial charge in [0.2, 0.25) is 0 Å². The summed E-state index contributed by atoms with van der Waals surface area (Å²) >= 11 is 0. The van der Waals surface area contributed by atoms with Crippen molar-refractivity contribution in [3.8, 4) is 5.75 Å². The minimum atomic E-state index is 0.234. The quantitative estimate of drug-likeness (QED) is 0.616. The second-order valence-electron chi connectivity index (χ2n) is 5.25. The second-order valence-corrected chi connectivity index (χ2v) is 5.25. The van der Waals surface area contributed by atoms with E-state index in [-0.39, 0.29) is 6.61 Å². The van der Waals surface area contributed by atoms with Crippen LogP contribution in [0.2, 0.25) is 0 Å². The minimum Gasteiger partial charge on any atom is -0.495 e. The van der Waals surface area contributed by atoms with Crippen LogP contribution in [0, 0.1) is 0 Å². The molecule has 1 rings (SSSR count). The van der Waals surface area contributed by atoms with E-state index >= 15 is 0 Å². The van der Waals surface area contributed by atoms with Gasteiger partial charge in [0, 0.05) is 26.2 Å². The highest BCUT2D eigenvalue weighted by Crippen LogP contribution is 2.29. The average molecular weight is 294 g/mol. The molecular formula is C17H30N2O2. The first-order valence-corrected chi connectivity index (χ1v) is 8.00. The fraction of sp³-hybridized carbons (Fsp3) is 0.647. The molecule has 0 atom stereocenters. The van der Waals surface area contributed by atoms with E-state index in [4.69, 9.17) is 9.84 Å². The zero-order valence-electron chi connectivity index (χ0n) is 13.7. The molecule has 0 aliphatic heterocycles. The summed E-state index contributed by atoms with van der Waals surface area (Å²) < 4.78 is 5.58. The highest BCUT2D eigenvalue weighted by molar-refractivity contribution is 5.59. The van der Waals surface area contributed by atoms with E-state index in [1.807, 2.05) is 0 Å². The molecule has 0 aromatic heterocycles. The van der Waals surface area contributed by atoms with E-state index in [1.54, 1.807) is 7.11 Å². The van der Waals surface area contributed by atoms with Crippen LogP contribution in [0.1, 0.15) is 38.7 Å².